The summed E-state index contributed by atoms with van der Waals surface area (Å²) in [5.41, 5.74) is -0.577. The fraction of sp³-hybridized carbons (Fsp3) is 0.833. The fourth-order valence-corrected chi connectivity index (χ4v) is 1.90. The van der Waals surface area contributed by atoms with Crippen LogP contribution < -0.4 is 5.32 Å². The van der Waals surface area contributed by atoms with E-state index in [0.29, 0.717) is 6.54 Å². The highest BCUT2D eigenvalue weighted by atomic mass is 16.6. The molecule has 0 aromatic carbocycles. The largest absolute Gasteiger partial charge is 0.443 e. The van der Waals surface area contributed by atoms with Crippen molar-refractivity contribution in [3.63, 3.8) is 0 Å². The Morgan fingerprint density at radius 3 is 2.41 bits per heavy atom. The molecule has 0 aromatic rings. The van der Waals surface area contributed by atoms with Crippen LogP contribution in [0.25, 0.3) is 0 Å². The summed E-state index contributed by atoms with van der Waals surface area (Å²) < 4.78 is 5.25. The van der Waals surface area contributed by atoms with Gasteiger partial charge < -0.3 is 10.1 Å². The monoisotopic (exact) mass is 242 g/mol. The predicted molar refractivity (Wildman–Crippen MR) is 64.6 cm³/mol. The molecule has 1 aliphatic heterocycles. The van der Waals surface area contributed by atoms with Crippen LogP contribution in [0.5, 0.6) is 0 Å². The molecular weight excluding hydrogens is 220 g/mol. The second-order valence-electron chi connectivity index (χ2n) is 5.37. The molecule has 17 heavy (non-hydrogen) atoms. The Balaban J connectivity index is 2.71. The molecule has 0 radical (unpaired) electrons. The van der Waals surface area contributed by atoms with Gasteiger partial charge in [-0.25, -0.2) is 9.69 Å². The molecule has 2 amide bonds. The number of ether oxygens (including phenoxy) is 1. The summed E-state index contributed by atoms with van der Waals surface area (Å²) in [4.78, 5) is 24.8. The quantitative estimate of drug-likeness (QED) is 0.757. The van der Waals surface area contributed by atoms with Gasteiger partial charge in [0.2, 0.25) is 5.91 Å². The van der Waals surface area contributed by atoms with Crippen molar-refractivity contribution in [3.8, 4) is 0 Å². The van der Waals surface area contributed by atoms with Gasteiger partial charge in [0.1, 0.15) is 5.60 Å². The molecule has 0 aromatic heterocycles. The van der Waals surface area contributed by atoms with Crippen LogP contribution in [0.3, 0.4) is 0 Å². The molecule has 0 saturated carbocycles. The molecule has 1 rings (SSSR count). The van der Waals surface area contributed by atoms with Crippen LogP contribution in [0.2, 0.25) is 0 Å². The molecular formula is C12H22N2O3. The SMILES string of the molecule is CC(=O)N(C(=O)OC(C)(C)C)C1CCCNC1. The zero-order chi connectivity index (χ0) is 13.1. The lowest BCUT2D eigenvalue weighted by atomic mass is 10.1. The van der Waals surface area contributed by atoms with Crippen LogP contribution >= 0.6 is 0 Å². The topological polar surface area (TPSA) is 58.6 Å². The van der Waals surface area contributed by atoms with E-state index in [4.69, 9.17) is 4.74 Å². The van der Waals surface area contributed by atoms with Crippen LogP contribution in [0.15, 0.2) is 0 Å². The smallest absolute Gasteiger partial charge is 0.417 e. The third kappa shape index (κ3) is 4.34. The van der Waals surface area contributed by atoms with Crippen molar-refractivity contribution in [1.82, 2.24) is 10.2 Å². The van der Waals surface area contributed by atoms with E-state index in [-0.39, 0.29) is 11.9 Å². The minimum atomic E-state index is -0.577. The average molecular weight is 242 g/mol. The maximum atomic E-state index is 12.0. The van der Waals surface area contributed by atoms with Gasteiger partial charge in [0.05, 0.1) is 6.04 Å². The van der Waals surface area contributed by atoms with E-state index in [0.717, 1.165) is 19.4 Å². The van der Waals surface area contributed by atoms with Crippen molar-refractivity contribution in [1.29, 1.82) is 0 Å². The van der Waals surface area contributed by atoms with E-state index in [9.17, 15) is 9.59 Å². The maximum absolute atomic E-state index is 12.0. The first-order chi connectivity index (χ1) is 7.81. The van der Waals surface area contributed by atoms with Gasteiger partial charge in [0.25, 0.3) is 0 Å². The van der Waals surface area contributed by atoms with Gasteiger partial charge in [-0.15, -0.1) is 0 Å². The summed E-state index contributed by atoms with van der Waals surface area (Å²) in [6, 6.07) is -0.0869. The van der Waals surface area contributed by atoms with Crippen LogP contribution in [-0.4, -0.2) is 41.6 Å². The van der Waals surface area contributed by atoms with Crippen LogP contribution in [0.1, 0.15) is 40.5 Å². The second-order valence-corrected chi connectivity index (χ2v) is 5.37. The number of amides is 2. The van der Waals surface area contributed by atoms with Crippen molar-refractivity contribution in [3.05, 3.63) is 0 Å². The standard InChI is InChI=1S/C12H22N2O3/c1-9(15)14(10-6-5-7-13-8-10)11(16)17-12(2,3)4/h10,13H,5-8H2,1-4H3. The number of hydrogen-bond donors (Lipinski definition) is 1. The maximum Gasteiger partial charge on any atom is 0.417 e. The number of piperidine rings is 1. The molecule has 5 heteroatoms. The van der Waals surface area contributed by atoms with Crippen LogP contribution in [0.4, 0.5) is 4.79 Å². The highest BCUT2D eigenvalue weighted by Gasteiger charge is 2.32. The highest BCUT2D eigenvalue weighted by molar-refractivity contribution is 5.91. The van der Waals surface area contributed by atoms with E-state index in [1.807, 2.05) is 0 Å². The molecule has 5 nitrogen and oxygen atoms in total. The summed E-state index contributed by atoms with van der Waals surface area (Å²) in [6.45, 7) is 8.38. The van der Waals surface area contributed by atoms with Gasteiger partial charge in [-0.1, -0.05) is 0 Å². The number of nitrogens with one attached hydrogen (secondary N) is 1. The van der Waals surface area contributed by atoms with Crippen molar-refractivity contribution in [2.75, 3.05) is 13.1 Å². The third-order valence-corrected chi connectivity index (χ3v) is 2.57. The van der Waals surface area contributed by atoms with Gasteiger partial charge in [-0.3, -0.25) is 4.79 Å². The lowest BCUT2D eigenvalue weighted by Gasteiger charge is -2.33. The van der Waals surface area contributed by atoms with Crippen LogP contribution in [0, 0.1) is 0 Å². The summed E-state index contributed by atoms with van der Waals surface area (Å²) in [5.74, 6) is -0.257. The van der Waals surface area contributed by atoms with Gasteiger partial charge in [-0.2, -0.15) is 0 Å². The highest BCUT2D eigenvalue weighted by Crippen LogP contribution is 2.16. The van der Waals surface area contributed by atoms with Crippen molar-refractivity contribution < 1.29 is 14.3 Å². The Morgan fingerprint density at radius 1 is 1.35 bits per heavy atom. The number of hydrogen-bond acceptors (Lipinski definition) is 4. The Morgan fingerprint density at radius 2 is 2.00 bits per heavy atom. The minimum Gasteiger partial charge on any atom is -0.443 e. The Kier molecular flexibility index (Phi) is 4.51. The predicted octanol–water partition coefficient (Wildman–Crippen LogP) is 1.52. The average Bonchev–Trinajstić information content (AvgIpc) is 2.15. The molecule has 1 unspecified atom stereocenters. The molecule has 1 fully saturated rings. The summed E-state index contributed by atoms with van der Waals surface area (Å²) in [5, 5.41) is 3.19. The number of imide groups is 1. The van der Waals surface area contributed by atoms with Gasteiger partial charge in [0.15, 0.2) is 0 Å². The molecule has 1 heterocycles. The molecule has 0 bridgehead atoms. The molecule has 0 aliphatic carbocycles. The number of carbonyl (C=O) groups excluding carboxylic acids is 2. The minimum absolute atomic E-state index is 0.0869. The Bertz CT molecular complexity index is 291. The summed E-state index contributed by atoms with van der Waals surface area (Å²) in [6.07, 6.45) is 1.27. The summed E-state index contributed by atoms with van der Waals surface area (Å²) >= 11 is 0. The van der Waals surface area contributed by atoms with E-state index in [1.165, 1.54) is 11.8 Å². The normalized spacial score (nSPS) is 20.8. The Labute approximate surface area is 102 Å². The first-order valence-electron chi connectivity index (χ1n) is 6.05. The van der Waals surface area contributed by atoms with Crippen LogP contribution in [-0.2, 0) is 9.53 Å². The third-order valence-electron chi connectivity index (χ3n) is 2.57. The summed E-state index contributed by atoms with van der Waals surface area (Å²) in [7, 11) is 0. The second kappa shape index (κ2) is 5.49. The van der Waals surface area contributed by atoms with E-state index in [2.05, 4.69) is 5.32 Å². The molecule has 1 N–H and O–H groups in total. The number of nitrogens with zero attached hydrogens (tertiary/aromatic N) is 1. The number of rotatable bonds is 1. The lowest BCUT2D eigenvalue weighted by Crippen LogP contribution is -2.52. The zero-order valence-electron chi connectivity index (χ0n) is 11.1. The van der Waals surface area contributed by atoms with E-state index in [1.54, 1.807) is 20.8 Å². The zero-order valence-corrected chi connectivity index (χ0v) is 11.1. The molecule has 1 atom stereocenters. The van der Waals surface area contributed by atoms with E-state index < -0.39 is 11.7 Å². The van der Waals surface area contributed by atoms with Gasteiger partial charge in [-0.05, 0) is 40.2 Å². The molecule has 98 valence electrons. The fourth-order valence-electron chi connectivity index (χ4n) is 1.90. The van der Waals surface area contributed by atoms with Crippen molar-refractivity contribution in [2.24, 2.45) is 0 Å². The first-order valence-corrected chi connectivity index (χ1v) is 6.05. The Hall–Kier alpha value is -1.10. The molecule has 1 saturated heterocycles. The molecule has 0 spiro atoms. The first kappa shape index (κ1) is 14.0. The number of carbonyl (C=O) groups is 2. The lowest BCUT2D eigenvalue weighted by molar-refractivity contribution is -0.130. The van der Waals surface area contributed by atoms with Gasteiger partial charge in [0, 0.05) is 13.5 Å². The molecule has 1 aliphatic rings. The van der Waals surface area contributed by atoms with Crippen molar-refractivity contribution in [2.45, 2.75) is 52.2 Å². The van der Waals surface area contributed by atoms with Gasteiger partial charge >= 0.3 is 6.09 Å². The van der Waals surface area contributed by atoms with Crippen molar-refractivity contribution >= 4 is 12.0 Å². The van der Waals surface area contributed by atoms with E-state index >= 15 is 0 Å².